The van der Waals surface area contributed by atoms with Gasteiger partial charge in [0, 0.05) is 17.3 Å². The Morgan fingerprint density at radius 3 is 2.64 bits per heavy atom. The number of hydrogen-bond donors (Lipinski definition) is 2. The molecule has 0 spiro atoms. The summed E-state index contributed by atoms with van der Waals surface area (Å²) >= 11 is 0. The first kappa shape index (κ1) is 16.8. The number of benzene rings is 2. The molecule has 0 fully saturated rings. The Hall–Kier alpha value is -3.08. The number of hydrogen-bond acceptors (Lipinski definition) is 3. The van der Waals surface area contributed by atoms with Gasteiger partial charge >= 0.3 is 0 Å². The van der Waals surface area contributed by atoms with Crippen molar-refractivity contribution in [1.29, 1.82) is 0 Å². The first-order chi connectivity index (χ1) is 12.0. The summed E-state index contributed by atoms with van der Waals surface area (Å²) in [7, 11) is 1.53. The van der Waals surface area contributed by atoms with Crippen LogP contribution in [-0.2, 0) is 0 Å². The van der Waals surface area contributed by atoms with E-state index in [1.54, 1.807) is 42.5 Å². The van der Waals surface area contributed by atoms with Gasteiger partial charge in [-0.05, 0) is 42.0 Å². The predicted octanol–water partition coefficient (Wildman–Crippen LogP) is 4.13. The predicted molar refractivity (Wildman–Crippen MR) is 95.5 cm³/mol. The van der Waals surface area contributed by atoms with Crippen LogP contribution in [0, 0.1) is 5.82 Å². The van der Waals surface area contributed by atoms with Gasteiger partial charge < -0.3 is 15.5 Å². The number of ether oxygens (including phenoxy) is 1. The maximum absolute atomic E-state index is 14.1. The molecule has 0 amide bonds. The lowest BCUT2D eigenvalue weighted by Gasteiger charge is -2.12. The Labute approximate surface area is 145 Å². The largest absolute Gasteiger partial charge is 0.496 e. The Kier molecular flexibility index (Phi) is 4.57. The quantitative estimate of drug-likeness (QED) is 0.543. The Morgan fingerprint density at radius 1 is 1.16 bits per heavy atom. The highest BCUT2D eigenvalue weighted by atomic mass is 19.1. The van der Waals surface area contributed by atoms with Crippen LogP contribution in [0.1, 0.15) is 40.2 Å². The van der Waals surface area contributed by atoms with E-state index in [9.17, 15) is 9.18 Å². The summed E-state index contributed by atoms with van der Waals surface area (Å²) in [6, 6.07) is 15.2. The second kappa shape index (κ2) is 6.81. The fraction of sp³-hybridized carbons (Fsp3) is 0.150. The summed E-state index contributed by atoms with van der Waals surface area (Å²) in [6.07, 6.45) is 0. The summed E-state index contributed by atoms with van der Waals surface area (Å²) in [5.41, 5.74) is 8.16. The van der Waals surface area contributed by atoms with E-state index in [1.807, 2.05) is 13.0 Å². The number of aromatic nitrogens is 1. The van der Waals surface area contributed by atoms with Gasteiger partial charge in [-0.2, -0.15) is 0 Å². The number of nitrogen functional groups attached to an aromatic ring is 1. The van der Waals surface area contributed by atoms with Gasteiger partial charge in [-0.1, -0.05) is 25.1 Å². The van der Waals surface area contributed by atoms with Crippen LogP contribution in [-0.4, -0.2) is 17.9 Å². The van der Waals surface area contributed by atoms with Crippen LogP contribution in [0.4, 0.5) is 10.1 Å². The number of rotatable bonds is 5. The fourth-order valence-electron chi connectivity index (χ4n) is 2.84. The molecule has 2 aromatic carbocycles. The standard InChI is InChI=1S/C20H19FN2O2/c1-12(14-8-7-13(22)11-16(14)21)17-9-10-18(23-17)20(24)15-5-3-4-6-19(15)25-2/h3-12,23H,22H2,1-2H3. The molecule has 0 bridgehead atoms. The van der Waals surface area contributed by atoms with Gasteiger partial charge in [0.1, 0.15) is 11.6 Å². The minimum Gasteiger partial charge on any atom is -0.496 e. The van der Waals surface area contributed by atoms with E-state index < -0.39 is 0 Å². The fourth-order valence-corrected chi connectivity index (χ4v) is 2.84. The zero-order chi connectivity index (χ0) is 18.0. The number of H-pyrrole nitrogens is 1. The molecule has 0 aliphatic heterocycles. The number of nitrogens with one attached hydrogen (secondary N) is 1. The van der Waals surface area contributed by atoms with Crippen molar-refractivity contribution in [2.45, 2.75) is 12.8 Å². The Bertz CT molecular complexity index is 918. The van der Waals surface area contributed by atoms with Gasteiger partial charge in [0.2, 0.25) is 5.78 Å². The van der Waals surface area contributed by atoms with Crippen LogP contribution in [0.5, 0.6) is 5.75 Å². The van der Waals surface area contributed by atoms with Crippen LogP contribution < -0.4 is 10.5 Å². The van der Waals surface area contributed by atoms with Gasteiger partial charge in [-0.3, -0.25) is 4.79 Å². The van der Waals surface area contributed by atoms with Crippen molar-refractivity contribution >= 4 is 11.5 Å². The maximum atomic E-state index is 14.1. The minimum atomic E-state index is -0.361. The highest BCUT2D eigenvalue weighted by Crippen LogP contribution is 2.28. The lowest BCUT2D eigenvalue weighted by atomic mass is 9.97. The molecule has 128 valence electrons. The number of carbonyl (C=O) groups is 1. The first-order valence-electron chi connectivity index (χ1n) is 7.92. The van der Waals surface area contributed by atoms with E-state index >= 15 is 0 Å². The zero-order valence-electron chi connectivity index (χ0n) is 14.0. The number of aromatic amines is 1. The van der Waals surface area contributed by atoms with E-state index in [0.717, 1.165) is 5.69 Å². The average Bonchev–Trinajstić information content (AvgIpc) is 3.10. The number of halogens is 1. The molecule has 0 saturated carbocycles. The van der Waals surface area contributed by atoms with Crippen molar-refractivity contribution in [3.63, 3.8) is 0 Å². The second-order valence-corrected chi connectivity index (χ2v) is 5.86. The maximum Gasteiger partial charge on any atom is 0.212 e. The van der Waals surface area contributed by atoms with Crippen molar-refractivity contribution < 1.29 is 13.9 Å². The van der Waals surface area contributed by atoms with Gasteiger partial charge in [0.15, 0.2) is 0 Å². The summed E-state index contributed by atoms with van der Waals surface area (Å²) < 4.78 is 19.4. The molecule has 0 radical (unpaired) electrons. The highest BCUT2D eigenvalue weighted by molar-refractivity contribution is 6.09. The van der Waals surface area contributed by atoms with Crippen molar-refractivity contribution in [3.05, 3.63) is 82.9 Å². The molecule has 3 N–H and O–H groups in total. The van der Waals surface area contributed by atoms with E-state index in [0.29, 0.717) is 28.3 Å². The number of para-hydroxylation sites is 1. The summed E-state index contributed by atoms with van der Waals surface area (Å²) in [5, 5.41) is 0. The number of nitrogens with two attached hydrogens (primary N) is 1. The van der Waals surface area contributed by atoms with Crippen LogP contribution in [0.15, 0.2) is 54.6 Å². The molecule has 0 aliphatic carbocycles. The molecule has 4 nitrogen and oxygen atoms in total. The lowest BCUT2D eigenvalue weighted by molar-refractivity contribution is 0.103. The van der Waals surface area contributed by atoms with Gasteiger partial charge in [0.05, 0.1) is 18.4 Å². The van der Waals surface area contributed by atoms with Gasteiger partial charge in [0.25, 0.3) is 0 Å². The van der Waals surface area contributed by atoms with Gasteiger partial charge in [-0.25, -0.2) is 4.39 Å². The normalized spacial score (nSPS) is 12.0. The van der Waals surface area contributed by atoms with E-state index in [1.165, 1.54) is 13.2 Å². The van der Waals surface area contributed by atoms with Crippen LogP contribution >= 0.6 is 0 Å². The van der Waals surface area contributed by atoms with E-state index in [4.69, 9.17) is 10.5 Å². The topological polar surface area (TPSA) is 68.1 Å². The third-order valence-corrected chi connectivity index (χ3v) is 4.26. The number of methoxy groups -OCH3 is 1. The molecule has 3 aromatic rings. The molecule has 25 heavy (non-hydrogen) atoms. The summed E-state index contributed by atoms with van der Waals surface area (Å²) in [6.45, 7) is 1.87. The minimum absolute atomic E-state index is 0.173. The number of ketones is 1. The average molecular weight is 338 g/mol. The Balaban J connectivity index is 1.90. The summed E-state index contributed by atoms with van der Waals surface area (Å²) in [5.74, 6) is -0.255. The van der Waals surface area contributed by atoms with Gasteiger partial charge in [-0.15, -0.1) is 0 Å². The van der Waals surface area contributed by atoms with Crippen molar-refractivity contribution in [2.24, 2.45) is 0 Å². The van der Waals surface area contributed by atoms with Crippen LogP contribution in [0.2, 0.25) is 0 Å². The second-order valence-electron chi connectivity index (χ2n) is 5.86. The molecular weight excluding hydrogens is 319 g/mol. The zero-order valence-corrected chi connectivity index (χ0v) is 14.0. The van der Waals surface area contributed by atoms with Crippen LogP contribution in [0.3, 0.4) is 0 Å². The van der Waals surface area contributed by atoms with Crippen molar-refractivity contribution in [3.8, 4) is 5.75 Å². The molecule has 3 rings (SSSR count). The van der Waals surface area contributed by atoms with Crippen LogP contribution in [0.25, 0.3) is 0 Å². The third kappa shape index (κ3) is 3.26. The number of carbonyl (C=O) groups excluding carboxylic acids is 1. The molecule has 1 unspecified atom stereocenters. The third-order valence-electron chi connectivity index (χ3n) is 4.26. The molecular formula is C20H19FN2O2. The van der Waals surface area contributed by atoms with Crippen molar-refractivity contribution in [1.82, 2.24) is 4.98 Å². The molecule has 1 heterocycles. The highest BCUT2D eigenvalue weighted by Gasteiger charge is 2.19. The Morgan fingerprint density at radius 2 is 1.92 bits per heavy atom. The molecule has 1 atom stereocenters. The summed E-state index contributed by atoms with van der Waals surface area (Å²) in [4.78, 5) is 15.8. The van der Waals surface area contributed by atoms with E-state index in [-0.39, 0.29) is 17.5 Å². The smallest absolute Gasteiger partial charge is 0.212 e. The van der Waals surface area contributed by atoms with Crippen molar-refractivity contribution in [2.75, 3.05) is 12.8 Å². The number of anilines is 1. The SMILES string of the molecule is COc1ccccc1C(=O)c1ccc(C(C)c2ccc(N)cc2F)[nH]1. The monoisotopic (exact) mass is 338 g/mol. The first-order valence-corrected chi connectivity index (χ1v) is 7.92. The molecule has 1 aromatic heterocycles. The molecule has 0 aliphatic rings. The van der Waals surface area contributed by atoms with E-state index in [2.05, 4.69) is 4.98 Å². The molecule has 0 saturated heterocycles. The lowest BCUT2D eigenvalue weighted by Crippen LogP contribution is -2.06. The molecule has 5 heteroatoms.